The second-order valence-electron chi connectivity index (χ2n) is 5.06. The van der Waals surface area contributed by atoms with Crippen LogP contribution in [0.15, 0.2) is 39.6 Å². The number of piperidine rings is 1. The van der Waals surface area contributed by atoms with Crippen molar-refractivity contribution in [3.05, 3.63) is 34.6 Å². The van der Waals surface area contributed by atoms with Gasteiger partial charge in [0.2, 0.25) is 0 Å². The van der Waals surface area contributed by atoms with E-state index >= 15 is 0 Å². The van der Waals surface area contributed by atoms with Crippen LogP contribution in [0.1, 0.15) is 12.8 Å². The summed E-state index contributed by atoms with van der Waals surface area (Å²) >= 11 is 3.41. The number of aromatic nitrogens is 1. The van der Waals surface area contributed by atoms with Gasteiger partial charge in [-0.3, -0.25) is 4.99 Å². The summed E-state index contributed by atoms with van der Waals surface area (Å²) in [6, 6.07) is 4.11. The molecule has 0 unspecified atom stereocenters. The second-order valence-corrected chi connectivity index (χ2v) is 5.97. The van der Waals surface area contributed by atoms with Crippen molar-refractivity contribution >= 4 is 27.5 Å². The van der Waals surface area contributed by atoms with Gasteiger partial charge in [-0.25, -0.2) is 4.98 Å². The quantitative estimate of drug-likeness (QED) is 0.910. The number of aliphatic imine (C=N–C) groups is 1. The van der Waals surface area contributed by atoms with E-state index < -0.39 is 0 Å². The van der Waals surface area contributed by atoms with E-state index in [0.717, 1.165) is 41.9 Å². The summed E-state index contributed by atoms with van der Waals surface area (Å²) in [6.07, 6.45) is 6.16. The third-order valence-corrected chi connectivity index (χ3v) is 4.20. The number of hydrogen-bond acceptors (Lipinski definition) is 4. The Kier molecular flexibility index (Phi) is 3.55. The molecule has 2 aliphatic rings. The molecule has 0 aromatic carbocycles. The Morgan fingerprint density at radius 1 is 1.26 bits per heavy atom. The zero-order valence-corrected chi connectivity index (χ0v) is 12.3. The van der Waals surface area contributed by atoms with Gasteiger partial charge in [0.25, 0.3) is 0 Å². The number of nitrogens with zero attached hydrogens (tertiary/aromatic N) is 3. The molecule has 2 aliphatic heterocycles. The van der Waals surface area contributed by atoms with Gasteiger partial charge in [0.1, 0.15) is 5.82 Å². The zero-order chi connectivity index (χ0) is 13.2. The van der Waals surface area contributed by atoms with Crippen LogP contribution in [0.3, 0.4) is 0 Å². The number of hydrogen-bond donors (Lipinski definition) is 1. The summed E-state index contributed by atoms with van der Waals surface area (Å²) in [7, 11) is 0. The first-order valence-corrected chi connectivity index (χ1v) is 7.38. The number of halogens is 1. The highest BCUT2D eigenvalue weighted by Crippen LogP contribution is 2.25. The standard InChI is InChI=1S/C14H17BrN4/c15-11-1-2-14(18-8-11)19-5-3-10(4-6-19)13-7-12(16)9-17-13/h1-2,7-8,10H,3-6,9,16H2. The van der Waals surface area contributed by atoms with Gasteiger partial charge in [0.15, 0.2) is 0 Å². The molecule has 0 spiro atoms. The van der Waals surface area contributed by atoms with Crippen molar-refractivity contribution in [1.29, 1.82) is 0 Å². The van der Waals surface area contributed by atoms with Gasteiger partial charge in [0, 0.05) is 41.1 Å². The Hall–Kier alpha value is -1.36. The molecular weight excluding hydrogens is 304 g/mol. The minimum Gasteiger partial charge on any atom is -0.400 e. The Bertz CT molecular complexity index is 513. The van der Waals surface area contributed by atoms with E-state index in [1.807, 2.05) is 12.3 Å². The Morgan fingerprint density at radius 3 is 2.63 bits per heavy atom. The summed E-state index contributed by atoms with van der Waals surface area (Å²) in [5.41, 5.74) is 7.88. The minimum atomic E-state index is 0.563. The van der Waals surface area contributed by atoms with Crippen molar-refractivity contribution in [1.82, 2.24) is 4.98 Å². The first kappa shape index (κ1) is 12.7. The number of anilines is 1. The third kappa shape index (κ3) is 2.81. The van der Waals surface area contributed by atoms with Gasteiger partial charge in [0.05, 0.1) is 6.54 Å². The van der Waals surface area contributed by atoms with E-state index in [0.29, 0.717) is 12.5 Å². The lowest BCUT2D eigenvalue weighted by atomic mass is 9.92. The maximum absolute atomic E-state index is 5.79. The molecule has 0 bridgehead atoms. The van der Waals surface area contributed by atoms with Crippen LogP contribution in [0.2, 0.25) is 0 Å². The molecule has 0 amide bonds. The molecule has 1 aromatic rings. The van der Waals surface area contributed by atoms with E-state index in [9.17, 15) is 0 Å². The summed E-state index contributed by atoms with van der Waals surface area (Å²) < 4.78 is 1.02. The molecular formula is C14H17BrN4. The van der Waals surface area contributed by atoms with Crippen LogP contribution in [-0.2, 0) is 0 Å². The fraction of sp³-hybridized carbons (Fsp3) is 0.429. The van der Waals surface area contributed by atoms with Crippen molar-refractivity contribution in [2.45, 2.75) is 12.8 Å². The normalized spacial score (nSPS) is 20.4. The van der Waals surface area contributed by atoms with Crippen LogP contribution < -0.4 is 10.6 Å². The average molecular weight is 321 g/mol. The van der Waals surface area contributed by atoms with Crippen molar-refractivity contribution in [3.8, 4) is 0 Å². The number of nitrogens with two attached hydrogens (primary N) is 1. The zero-order valence-electron chi connectivity index (χ0n) is 10.7. The second kappa shape index (κ2) is 5.33. The molecule has 0 saturated carbocycles. The van der Waals surface area contributed by atoms with E-state index in [4.69, 9.17) is 5.73 Å². The van der Waals surface area contributed by atoms with Gasteiger partial charge in [-0.05, 0) is 47.0 Å². The molecule has 5 heteroatoms. The molecule has 3 heterocycles. The molecule has 0 radical (unpaired) electrons. The number of pyridine rings is 1. The maximum atomic E-state index is 5.79. The van der Waals surface area contributed by atoms with Gasteiger partial charge < -0.3 is 10.6 Å². The third-order valence-electron chi connectivity index (χ3n) is 3.73. The van der Waals surface area contributed by atoms with Crippen molar-refractivity contribution < 1.29 is 0 Å². The van der Waals surface area contributed by atoms with E-state index in [1.54, 1.807) is 0 Å². The molecule has 1 fully saturated rings. The molecule has 1 saturated heterocycles. The summed E-state index contributed by atoms with van der Waals surface area (Å²) in [5.74, 6) is 1.62. The van der Waals surface area contributed by atoms with Crippen LogP contribution in [0.25, 0.3) is 0 Å². The van der Waals surface area contributed by atoms with Crippen LogP contribution in [0, 0.1) is 5.92 Å². The van der Waals surface area contributed by atoms with Crippen LogP contribution in [0.5, 0.6) is 0 Å². The molecule has 4 nitrogen and oxygen atoms in total. The highest BCUT2D eigenvalue weighted by atomic mass is 79.9. The van der Waals surface area contributed by atoms with Gasteiger partial charge in [-0.1, -0.05) is 0 Å². The molecule has 3 rings (SSSR count). The Labute approximate surface area is 121 Å². The fourth-order valence-corrected chi connectivity index (χ4v) is 2.90. The Morgan fingerprint density at radius 2 is 2.05 bits per heavy atom. The topological polar surface area (TPSA) is 54.5 Å². The molecule has 0 aliphatic carbocycles. The summed E-state index contributed by atoms with van der Waals surface area (Å²) in [6.45, 7) is 2.75. The van der Waals surface area contributed by atoms with E-state index in [-0.39, 0.29) is 0 Å². The monoisotopic (exact) mass is 320 g/mol. The molecule has 2 N–H and O–H groups in total. The molecule has 0 atom stereocenters. The van der Waals surface area contributed by atoms with Crippen LogP contribution in [-0.4, -0.2) is 30.3 Å². The first-order chi connectivity index (χ1) is 9.22. The lowest BCUT2D eigenvalue weighted by molar-refractivity contribution is 0.500. The highest BCUT2D eigenvalue weighted by Gasteiger charge is 2.24. The Balaban J connectivity index is 1.62. The van der Waals surface area contributed by atoms with Crippen molar-refractivity contribution in [3.63, 3.8) is 0 Å². The lowest BCUT2D eigenvalue weighted by Gasteiger charge is -2.32. The molecule has 19 heavy (non-hydrogen) atoms. The smallest absolute Gasteiger partial charge is 0.128 e. The van der Waals surface area contributed by atoms with Crippen LogP contribution >= 0.6 is 15.9 Å². The molecule has 100 valence electrons. The minimum absolute atomic E-state index is 0.563. The first-order valence-electron chi connectivity index (χ1n) is 6.59. The lowest BCUT2D eigenvalue weighted by Crippen LogP contribution is -2.36. The van der Waals surface area contributed by atoms with Crippen molar-refractivity contribution in [2.75, 3.05) is 24.5 Å². The average Bonchev–Trinajstić information content (AvgIpc) is 2.87. The van der Waals surface area contributed by atoms with Crippen LogP contribution in [0.4, 0.5) is 5.82 Å². The van der Waals surface area contributed by atoms with Gasteiger partial charge >= 0.3 is 0 Å². The summed E-state index contributed by atoms with van der Waals surface area (Å²) in [5, 5.41) is 0. The van der Waals surface area contributed by atoms with Gasteiger partial charge in [-0.15, -0.1) is 0 Å². The van der Waals surface area contributed by atoms with Crippen molar-refractivity contribution in [2.24, 2.45) is 16.6 Å². The summed E-state index contributed by atoms with van der Waals surface area (Å²) in [4.78, 5) is 11.3. The number of allylic oxidation sites excluding steroid dienone is 1. The van der Waals surface area contributed by atoms with E-state index in [2.05, 4.69) is 42.9 Å². The van der Waals surface area contributed by atoms with Gasteiger partial charge in [-0.2, -0.15) is 0 Å². The van der Waals surface area contributed by atoms with E-state index in [1.165, 1.54) is 5.71 Å². The largest absolute Gasteiger partial charge is 0.400 e. The predicted molar refractivity (Wildman–Crippen MR) is 81.4 cm³/mol. The SMILES string of the molecule is NC1=CC(C2CCN(c3ccc(Br)cn3)CC2)=NC1. The number of rotatable bonds is 2. The molecule has 1 aromatic heterocycles. The fourth-order valence-electron chi connectivity index (χ4n) is 2.67. The predicted octanol–water partition coefficient (Wildman–Crippen LogP) is 2.36. The maximum Gasteiger partial charge on any atom is 0.128 e. The highest BCUT2D eigenvalue weighted by molar-refractivity contribution is 9.10.